The second-order valence-electron chi connectivity index (χ2n) is 19.0. The van der Waals surface area contributed by atoms with Crippen LogP contribution in [0.2, 0.25) is 13.1 Å². The molecule has 0 N–H and O–H groups in total. The molecule has 10 rings (SSSR count). The number of allylic oxidation sites excluding steroid dienone is 2. The zero-order chi connectivity index (χ0) is 36.0. The Hall–Kier alpha value is -1.18. The second kappa shape index (κ2) is 13.5. The molecule has 4 bridgehead atoms. The van der Waals surface area contributed by atoms with Crippen LogP contribution in [0.4, 0.5) is 0 Å². The third-order valence-electron chi connectivity index (χ3n) is 16.0. The molecule has 0 aromatic heterocycles. The first-order chi connectivity index (χ1) is 25.0. The van der Waals surface area contributed by atoms with E-state index in [2.05, 4.69) is 107 Å². The minimum atomic E-state index is -4.82. The van der Waals surface area contributed by atoms with Crippen molar-refractivity contribution in [1.29, 1.82) is 0 Å². The molecule has 7 aliphatic rings. The minimum absolute atomic E-state index is 0.165. The molecule has 0 aliphatic heterocycles. The third-order valence-corrected chi connectivity index (χ3v) is 67.7. The van der Waals surface area contributed by atoms with E-state index in [4.69, 9.17) is 17.0 Å². The third kappa shape index (κ3) is 5.55. The van der Waals surface area contributed by atoms with Crippen LogP contribution in [-0.4, -0.2) is 5.92 Å². The summed E-state index contributed by atoms with van der Waals surface area (Å²) < 4.78 is 0.366. The summed E-state index contributed by atoms with van der Waals surface area (Å²) in [7, 11) is 17.8. The van der Waals surface area contributed by atoms with Crippen molar-refractivity contribution in [3.8, 4) is 11.1 Å². The van der Waals surface area contributed by atoms with E-state index in [1.54, 1.807) is 11.1 Å². The molecule has 0 amide bonds. The van der Waals surface area contributed by atoms with E-state index in [0.29, 0.717) is 17.3 Å². The van der Waals surface area contributed by atoms with Gasteiger partial charge in [-0.1, -0.05) is 0 Å². The van der Waals surface area contributed by atoms with Gasteiger partial charge in [-0.25, -0.2) is 0 Å². The zero-order valence-corrected chi connectivity index (χ0v) is 37.6. The van der Waals surface area contributed by atoms with Gasteiger partial charge in [0.15, 0.2) is 0 Å². The average molecular weight is 828 g/mol. The predicted octanol–water partition coefficient (Wildman–Crippen LogP) is 14.9. The molecular formula is C48H61Cl2SiZr. The zero-order valence-electron chi connectivity index (χ0n) is 32.5. The van der Waals surface area contributed by atoms with Gasteiger partial charge < -0.3 is 0 Å². The maximum atomic E-state index is 8.88. The Kier molecular flexibility index (Phi) is 9.46. The maximum absolute atomic E-state index is 8.88. The Labute approximate surface area is 324 Å². The fourth-order valence-electron chi connectivity index (χ4n) is 13.5. The first-order valence-corrected chi connectivity index (χ1v) is 37.7. The summed E-state index contributed by atoms with van der Waals surface area (Å²) in [4.78, 5) is 0. The van der Waals surface area contributed by atoms with Gasteiger partial charge in [-0.15, -0.1) is 0 Å². The van der Waals surface area contributed by atoms with Gasteiger partial charge in [0.1, 0.15) is 0 Å². The van der Waals surface area contributed by atoms with E-state index in [1.807, 2.05) is 0 Å². The molecule has 52 heavy (non-hydrogen) atoms. The van der Waals surface area contributed by atoms with Gasteiger partial charge in [0.2, 0.25) is 0 Å². The van der Waals surface area contributed by atoms with Gasteiger partial charge in [0.05, 0.1) is 0 Å². The van der Waals surface area contributed by atoms with Gasteiger partial charge in [-0.3, -0.25) is 0 Å². The normalized spacial score (nSPS) is 30.8. The molecule has 4 heteroatoms. The van der Waals surface area contributed by atoms with E-state index in [1.165, 1.54) is 115 Å². The first-order valence-electron chi connectivity index (χ1n) is 21.4. The average Bonchev–Trinajstić information content (AvgIpc) is 3.75. The van der Waals surface area contributed by atoms with Crippen molar-refractivity contribution in [2.45, 2.75) is 136 Å². The topological polar surface area (TPSA) is 0 Å². The Bertz CT molecular complexity index is 1890. The summed E-state index contributed by atoms with van der Waals surface area (Å²) in [6, 6.07) is 24.3. The van der Waals surface area contributed by atoms with E-state index >= 15 is 0 Å². The van der Waals surface area contributed by atoms with Gasteiger partial charge in [0, 0.05) is 0 Å². The molecule has 5 saturated carbocycles. The molecule has 3 unspecified atom stereocenters. The van der Waals surface area contributed by atoms with Crippen molar-refractivity contribution in [3.05, 3.63) is 105 Å². The Morgan fingerprint density at radius 2 is 1.37 bits per heavy atom. The van der Waals surface area contributed by atoms with Crippen LogP contribution in [0.15, 0.2) is 71.8 Å². The van der Waals surface area contributed by atoms with E-state index in [9.17, 15) is 0 Å². The summed E-state index contributed by atoms with van der Waals surface area (Å²) in [6.07, 6.45) is 22.7. The monoisotopic (exact) mass is 825 g/mol. The van der Waals surface area contributed by atoms with Crippen LogP contribution in [-0.2, 0) is 21.0 Å². The SMILES string of the molecule is CCC1=Cc2c(-c3ccc(C45CC6CC(CC(C6)C4)C5)cc3)cccc2[CH]1[Zr]([Cl])([Cl])([CH]1C(C2CCCCC2)=Cc2c(C(C)CC)cccc21)[SiH](C)C. The van der Waals surface area contributed by atoms with Gasteiger partial charge >= 0.3 is 327 Å². The molecule has 3 aromatic carbocycles. The molecule has 0 radical (unpaired) electrons. The quantitative estimate of drug-likeness (QED) is 0.189. The van der Waals surface area contributed by atoms with E-state index < -0.39 is 21.5 Å². The van der Waals surface area contributed by atoms with Crippen LogP contribution in [0.5, 0.6) is 0 Å². The number of fused-ring (bicyclic) bond motifs is 2. The summed E-state index contributed by atoms with van der Waals surface area (Å²) in [5.41, 5.74) is 15.2. The van der Waals surface area contributed by atoms with Crippen LogP contribution < -0.4 is 0 Å². The molecule has 7 aliphatic carbocycles. The fraction of sp³-hybridized carbons (Fsp3) is 0.542. The van der Waals surface area contributed by atoms with Gasteiger partial charge in [-0.05, 0) is 0 Å². The Balaban J connectivity index is 1.15. The summed E-state index contributed by atoms with van der Waals surface area (Å²) in [6.45, 7) is 12.2. The summed E-state index contributed by atoms with van der Waals surface area (Å²) >= 11 is -4.82. The molecular weight excluding hydrogens is 767 g/mol. The Morgan fingerprint density at radius 3 is 1.96 bits per heavy atom. The summed E-state index contributed by atoms with van der Waals surface area (Å²) in [5.74, 6) is 2.42. The van der Waals surface area contributed by atoms with Crippen molar-refractivity contribution in [1.82, 2.24) is 0 Å². The van der Waals surface area contributed by atoms with E-state index in [-0.39, 0.29) is 7.25 Å². The number of halogens is 2. The molecule has 5 fully saturated rings. The van der Waals surface area contributed by atoms with E-state index in [0.717, 1.165) is 30.6 Å². The molecule has 3 atom stereocenters. The van der Waals surface area contributed by atoms with Crippen LogP contribution in [0, 0.1) is 23.7 Å². The van der Waals surface area contributed by atoms with Crippen LogP contribution >= 0.6 is 17.0 Å². The Morgan fingerprint density at radius 1 is 0.750 bits per heavy atom. The molecule has 275 valence electrons. The number of hydrogen-bond donors (Lipinski definition) is 0. The number of hydrogen-bond acceptors (Lipinski definition) is 0. The molecule has 0 heterocycles. The molecule has 0 spiro atoms. The molecule has 3 aromatic rings. The van der Waals surface area contributed by atoms with Crippen molar-refractivity contribution < 1.29 is 15.6 Å². The fourth-order valence-corrected chi connectivity index (χ4v) is 44.9. The van der Waals surface area contributed by atoms with Crippen molar-refractivity contribution in [2.75, 3.05) is 0 Å². The van der Waals surface area contributed by atoms with Gasteiger partial charge in [0.25, 0.3) is 0 Å². The summed E-state index contributed by atoms with van der Waals surface area (Å²) in [5, 5.41) is 0. The van der Waals surface area contributed by atoms with Crippen molar-refractivity contribution >= 4 is 35.1 Å². The van der Waals surface area contributed by atoms with Gasteiger partial charge in [-0.2, -0.15) is 0 Å². The molecule has 0 nitrogen and oxygen atoms in total. The van der Waals surface area contributed by atoms with Crippen LogP contribution in [0.1, 0.15) is 151 Å². The van der Waals surface area contributed by atoms with Crippen LogP contribution in [0.25, 0.3) is 23.3 Å². The number of benzene rings is 3. The molecule has 0 saturated heterocycles. The number of rotatable bonds is 9. The van der Waals surface area contributed by atoms with Crippen molar-refractivity contribution in [3.63, 3.8) is 0 Å². The predicted molar refractivity (Wildman–Crippen MR) is 226 cm³/mol. The first kappa shape index (κ1) is 36.5. The van der Waals surface area contributed by atoms with Crippen molar-refractivity contribution in [2.24, 2.45) is 23.7 Å². The second-order valence-corrected chi connectivity index (χ2v) is 61.5. The standard InChI is InChI=1S/C27H29.C19H25.C2H7Si.2ClH.Zr/c1-2-18-13-23-4-3-5-25(26(23)14-18)22-6-8-24(9-7-22)27-15-19-10-20(16-27)12-21(11-19)17-27;1-3-14(2)18-11-7-10-16-12-17(13-19(16)18)15-8-5-4-6-9-15;1-3-2;;;/h3-9,13-14,19-21H,2,10-12,15-17H2,1H3;7,10-15H,3-6,8-9H2,1-2H3;3H,1-2H3;2*1H;/q;;;;;+2/p-2. The van der Waals surface area contributed by atoms with Crippen LogP contribution in [0.3, 0.4) is 0 Å².